The van der Waals surface area contributed by atoms with Crippen molar-refractivity contribution < 1.29 is 24.0 Å². The van der Waals surface area contributed by atoms with E-state index in [0.29, 0.717) is 37.7 Å². The molecule has 7 nitrogen and oxygen atoms in total. The smallest absolute Gasteiger partial charge is 0.278 e. The molecule has 0 radical (unpaired) electrons. The molecule has 1 aliphatic heterocycles. The second-order valence-electron chi connectivity index (χ2n) is 6.10. The Kier molecular flexibility index (Phi) is 7.69. The Morgan fingerprint density at radius 2 is 2.00 bits per heavy atom. The number of quaternary nitrogens is 1. The number of carbonyl (C=O) groups excluding carboxylic acids is 2. The summed E-state index contributed by atoms with van der Waals surface area (Å²) in [5, 5.41) is 2.82. The number of methoxy groups -OCH3 is 1. The van der Waals surface area contributed by atoms with Gasteiger partial charge >= 0.3 is 0 Å². The third-order valence-electron chi connectivity index (χ3n) is 4.16. The van der Waals surface area contributed by atoms with E-state index >= 15 is 0 Å². The minimum absolute atomic E-state index is 0.00827. The van der Waals surface area contributed by atoms with Crippen LogP contribution in [0.4, 0.5) is 5.69 Å². The Balaban J connectivity index is 1.92. The van der Waals surface area contributed by atoms with Crippen molar-refractivity contribution in [3.63, 3.8) is 0 Å². The minimum atomic E-state index is -0.219. The van der Waals surface area contributed by atoms with Crippen LogP contribution >= 0.6 is 0 Å². The third kappa shape index (κ3) is 6.03. The molecular weight excluding hydrogens is 322 g/mol. The molecule has 1 fully saturated rings. The first kappa shape index (κ1) is 19.2. The van der Waals surface area contributed by atoms with E-state index in [1.54, 1.807) is 24.1 Å². The predicted molar refractivity (Wildman–Crippen MR) is 94.9 cm³/mol. The molecular formula is C18H28N3O4+. The van der Waals surface area contributed by atoms with Crippen molar-refractivity contribution in [2.45, 2.75) is 13.3 Å². The molecule has 1 heterocycles. The summed E-state index contributed by atoms with van der Waals surface area (Å²) in [6.45, 7) is 6.06. The summed E-state index contributed by atoms with van der Waals surface area (Å²) in [5.41, 5.74) is 0.609. The molecule has 7 heteroatoms. The summed E-state index contributed by atoms with van der Waals surface area (Å²) in [5.74, 6) is 0.388. The van der Waals surface area contributed by atoms with Crippen LogP contribution in [0.25, 0.3) is 0 Å². The van der Waals surface area contributed by atoms with Crippen LogP contribution in [0.2, 0.25) is 0 Å². The first-order valence-electron chi connectivity index (χ1n) is 8.76. The first-order chi connectivity index (χ1) is 12.1. The van der Waals surface area contributed by atoms with Gasteiger partial charge in [0.15, 0.2) is 6.54 Å². The molecule has 1 aromatic rings. The van der Waals surface area contributed by atoms with Crippen LogP contribution < -0.4 is 15.0 Å². The molecule has 2 amide bonds. The van der Waals surface area contributed by atoms with Crippen LogP contribution in [-0.2, 0) is 14.3 Å². The largest absolute Gasteiger partial charge is 0.495 e. The molecule has 0 unspecified atom stereocenters. The van der Waals surface area contributed by atoms with Crippen molar-refractivity contribution in [2.24, 2.45) is 0 Å². The summed E-state index contributed by atoms with van der Waals surface area (Å²) >= 11 is 0. The van der Waals surface area contributed by atoms with Crippen LogP contribution in [0.5, 0.6) is 5.75 Å². The first-order valence-corrected chi connectivity index (χ1v) is 8.76. The lowest BCUT2D eigenvalue weighted by Crippen LogP contribution is -3.15. The molecule has 0 bridgehead atoms. The van der Waals surface area contributed by atoms with Crippen molar-refractivity contribution in [1.29, 1.82) is 0 Å². The second kappa shape index (κ2) is 10.0. The lowest BCUT2D eigenvalue weighted by molar-refractivity contribution is -0.900. The summed E-state index contributed by atoms with van der Waals surface area (Å²) in [7, 11) is 1.56. The van der Waals surface area contributed by atoms with Crippen molar-refractivity contribution in [3.8, 4) is 5.75 Å². The molecule has 0 spiro atoms. The maximum Gasteiger partial charge on any atom is 0.278 e. The number of ether oxygens (including phenoxy) is 2. The number of nitrogens with zero attached hydrogens (tertiary/aromatic N) is 1. The molecule has 2 rings (SSSR count). The van der Waals surface area contributed by atoms with Gasteiger partial charge in [0.2, 0.25) is 5.91 Å². The minimum Gasteiger partial charge on any atom is -0.495 e. The fourth-order valence-corrected chi connectivity index (χ4v) is 2.84. The molecule has 1 aromatic carbocycles. The monoisotopic (exact) mass is 350 g/mol. The molecule has 0 atom stereocenters. The van der Waals surface area contributed by atoms with E-state index in [1.807, 2.05) is 19.1 Å². The quantitative estimate of drug-likeness (QED) is 0.680. The maximum atomic E-state index is 12.6. The number of nitrogens with one attached hydrogen (secondary N) is 2. The van der Waals surface area contributed by atoms with E-state index in [4.69, 9.17) is 9.47 Å². The second-order valence-corrected chi connectivity index (χ2v) is 6.10. The number of amides is 2. The number of rotatable bonds is 8. The zero-order valence-corrected chi connectivity index (χ0v) is 15.0. The predicted octanol–water partition coefficient (Wildman–Crippen LogP) is -0.213. The summed E-state index contributed by atoms with van der Waals surface area (Å²) < 4.78 is 10.6. The fraction of sp³-hybridized carbons (Fsp3) is 0.556. The normalized spacial score (nSPS) is 14.8. The summed E-state index contributed by atoms with van der Waals surface area (Å²) in [4.78, 5) is 27.8. The van der Waals surface area contributed by atoms with E-state index in [2.05, 4.69) is 5.32 Å². The number of morpholine rings is 1. The van der Waals surface area contributed by atoms with Gasteiger partial charge in [0, 0.05) is 6.54 Å². The van der Waals surface area contributed by atoms with E-state index in [0.717, 1.165) is 19.5 Å². The summed E-state index contributed by atoms with van der Waals surface area (Å²) in [6, 6.07) is 7.23. The average Bonchev–Trinajstić information content (AvgIpc) is 2.62. The Morgan fingerprint density at radius 3 is 2.68 bits per heavy atom. The van der Waals surface area contributed by atoms with Crippen molar-refractivity contribution in [1.82, 2.24) is 4.90 Å². The topological polar surface area (TPSA) is 72.3 Å². The van der Waals surface area contributed by atoms with Gasteiger partial charge < -0.3 is 24.6 Å². The van der Waals surface area contributed by atoms with Gasteiger partial charge in [-0.3, -0.25) is 9.59 Å². The number of hydrogen-bond donors (Lipinski definition) is 2. The van der Waals surface area contributed by atoms with E-state index in [1.165, 1.54) is 4.90 Å². The lowest BCUT2D eigenvalue weighted by atomic mass is 10.3. The van der Waals surface area contributed by atoms with Crippen molar-refractivity contribution in [2.75, 3.05) is 58.4 Å². The van der Waals surface area contributed by atoms with Gasteiger partial charge in [0.1, 0.15) is 25.4 Å². The van der Waals surface area contributed by atoms with Crippen molar-refractivity contribution >= 4 is 17.5 Å². The number of para-hydroxylation sites is 2. The molecule has 2 N–H and O–H groups in total. The average molecular weight is 350 g/mol. The Bertz CT molecular complexity index is 573. The van der Waals surface area contributed by atoms with Gasteiger partial charge in [0.25, 0.3) is 5.91 Å². The molecule has 1 saturated heterocycles. The Hall–Kier alpha value is -2.12. The standard InChI is InChI=1S/C18H27N3O4/c1-3-8-21(18(23)14-20-9-11-25-12-10-20)13-17(22)19-15-6-4-5-7-16(15)24-2/h4-7H,3,8-14H2,1-2H3,(H,19,22)/p+1. The lowest BCUT2D eigenvalue weighted by Gasteiger charge is -2.27. The fourth-order valence-electron chi connectivity index (χ4n) is 2.84. The van der Waals surface area contributed by atoms with E-state index in [-0.39, 0.29) is 18.4 Å². The summed E-state index contributed by atoms with van der Waals surface area (Å²) in [6.07, 6.45) is 0.812. The van der Waals surface area contributed by atoms with Crippen LogP contribution in [-0.4, -0.2) is 69.8 Å². The zero-order chi connectivity index (χ0) is 18.1. The highest BCUT2D eigenvalue weighted by Gasteiger charge is 2.23. The third-order valence-corrected chi connectivity index (χ3v) is 4.16. The number of benzene rings is 1. The molecule has 0 aromatic heterocycles. The molecule has 0 aliphatic carbocycles. The maximum absolute atomic E-state index is 12.6. The number of hydrogen-bond acceptors (Lipinski definition) is 4. The van der Waals surface area contributed by atoms with Crippen LogP contribution in [0.1, 0.15) is 13.3 Å². The molecule has 138 valence electrons. The van der Waals surface area contributed by atoms with Crippen LogP contribution in [0.3, 0.4) is 0 Å². The highest BCUT2D eigenvalue weighted by molar-refractivity contribution is 5.95. The van der Waals surface area contributed by atoms with Crippen molar-refractivity contribution in [3.05, 3.63) is 24.3 Å². The van der Waals surface area contributed by atoms with E-state index in [9.17, 15) is 9.59 Å². The van der Waals surface area contributed by atoms with Crippen LogP contribution in [0.15, 0.2) is 24.3 Å². The molecule has 25 heavy (non-hydrogen) atoms. The van der Waals surface area contributed by atoms with Gasteiger partial charge in [-0.05, 0) is 18.6 Å². The van der Waals surface area contributed by atoms with Gasteiger partial charge in [-0.25, -0.2) is 0 Å². The Morgan fingerprint density at radius 1 is 1.28 bits per heavy atom. The highest BCUT2D eigenvalue weighted by Crippen LogP contribution is 2.22. The Labute approximate surface area is 148 Å². The zero-order valence-electron chi connectivity index (χ0n) is 15.0. The highest BCUT2D eigenvalue weighted by atomic mass is 16.5. The SMILES string of the molecule is CCCN(CC(=O)Nc1ccccc1OC)C(=O)C[NH+]1CCOCC1. The van der Waals surface area contributed by atoms with E-state index < -0.39 is 0 Å². The van der Waals surface area contributed by atoms with Gasteiger partial charge in [-0.2, -0.15) is 0 Å². The molecule has 0 saturated carbocycles. The molecule has 1 aliphatic rings. The van der Waals surface area contributed by atoms with Gasteiger partial charge in [-0.1, -0.05) is 19.1 Å². The van der Waals surface area contributed by atoms with Crippen LogP contribution in [0, 0.1) is 0 Å². The van der Waals surface area contributed by atoms with Gasteiger partial charge in [-0.15, -0.1) is 0 Å². The number of anilines is 1. The number of carbonyl (C=O) groups is 2. The van der Waals surface area contributed by atoms with Gasteiger partial charge in [0.05, 0.1) is 26.0 Å².